The van der Waals surface area contributed by atoms with Gasteiger partial charge in [0, 0.05) is 45.1 Å². The van der Waals surface area contributed by atoms with Crippen LogP contribution in [-0.2, 0) is 15.9 Å². The minimum absolute atomic E-state index is 0.0564. The SMILES string of the molecule is CCC(Cc1ncc(C(CC)OC)cc1C(CC)CO)OC. The van der Waals surface area contributed by atoms with Crippen LogP contribution in [0.4, 0.5) is 0 Å². The molecule has 0 saturated heterocycles. The lowest BCUT2D eigenvalue weighted by molar-refractivity contribution is 0.0970. The number of nitrogens with zero attached hydrogens (tertiary/aromatic N) is 1. The van der Waals surface area contributed by atoms with Gasteiger partial charge in [0.2, 0.25) is 0 Å². The van der Waals surface area contributed by atoms with E-state index >= 15 is 0 Å². The van der Waals surface area contributed by atoms with Gasteiger partial charge in [0.15, 0.2) is 0 Å². The first-order valence-corrected chi connectivity index (χ1v) is 8.30. The summed E-state index contributed by atoms with van der Waals surface area (Å²) >= 11 is 0. The van der Waals surface area contributed by atoms with Gasteiger partial charge >= 0.3 is 0 Å². The highest BCUT2D eigenvalue weighted by molar-refractivity contribution is 5.31. The molecule has 1 rings (SSSR count). The van der Waals surface area contributed by atoms with Gasteiger partial charge in [-0.2, -0.15) is 0 Å². The number of methoxy groups -OCH3 is 2. The third-order valence-corrected chi connectivity index (χ3v) is 4.41. The van der Waals surface area contributed by atoms with Gasteiger partial charge in [0.1, 0.15) is 0 Å². The topological polar surface area (TPSA) is 51.6 Å². The van der Waals surface area contributed by atoms with Gasteiger partial charge in [0.05, 0.1) is 12.2 Å². The lowest BCUT2D eigenvalue weighted by Crippen LogP contribution is -2.18. The quantitative estimate of drug-likeness (QED) is 0.717. The summed E-state index contributed by atoms with van der Waals surface area (Å²) in [4.78, 5) is 4.68. The number of hydrogen-bond acceptors (Lipinski definition) is 4. The van der Waals surface area contributed by atoms with Crippen LogP contribution in [-0.4, -0.2) is 37.0 Å². The third-order valence-electron chi connectivity index (χ3n) is 4.41. The van der Waals surface area contributed by atoms with Gasteiger partial charge in [-0.3, -0.25) is 4.98 Å². The van der Waals surface area contributed by atoms with E-state index in [2.05, 4.69) is 31.8 Å². The molecule has 0 radical (unpaired) electrons. The molecule has 1 aromatic rings. The first-order valence-electron chi connectivity index (χ1n) is 8.30. The van der Waals surface area contributed by atoms with Gasteiger partial charge in [0.25, 0.3) is 0 Å². The minimum atomic E-state index is 0.0564. The third kappa shape index (κ3) is 4.77. The maximum atomic E-state index is 9.71. The van der Waals surface area contributed by atoms with Crippen LogP contribution in [0.5, 0.6) is 0 Å². The Hall–Kier alpha value is -0.970. The molecule has 0 fully saturated rings. The van der Waals surface area contributed by atoms with Crippen LogP contribution in [0.1, 0.15) is 68.9 Å². The van der Waals surface area contributed by atoms with Gasteiger partial charge in [-0.25, -0.2) is 0 Å². The molecule has 0 amide bonds. The molecule has 3 unspecified atom stereocenters. The number of aliphatic hydroxyl groups is 1. The van der Waals surface area contributed by atoms with Crippen LogP contribution in [0.15, 0.2) is 12.3 Å². The summed E-state index contributed by atoms with van der Waals surface area (Å²) in [6.45, 7) is 6.45. The molecule has 0 aliphatic carbocycles. The molecule has 3 atom stereocenters. The zero-order chi connectivity index (χ0) is 16.5. The maximum absolute atomic E-state index is 9.71. The molecule has 1 N–H and O–H groups in total. The summed E-state index contributed by atoms with van der Waals surface area (Å²) < 4.78 is 11.0. The van der Waals surface area contributed by atoms with Crippen molar-refractivity contribution in [2.24, 2.45) is 0 Å². The molecule has 22 heavy (non-hydrogen) atoms. The van der Waals surface area contributed by atoms with Crippen LogP contribution in [0.2, 0.25) is 0 Å². The smallest absolute Gasteiger partial charge is 0.0833 e. The predicted molar refractivity (Wildman–Crippen MR) is 89.2 cm³/mol. The first-order chi connectivity index (χ1) is 10.6. The molecule has 0 aliphatic heterocycles. The molecule has 0 bridgehead atoms. The highest BCUT2D eigenvalue weighted by Gasteiger charge is 2.19. The van der Waals surface area contributed by atoms with E-state index in [1.54, 1.807) is 14.2 Å². The van der Waals surface area contributed by atoms with Gasteiger partial charge in [-0.1, -0.05) is 20.8 Å². The number of aliphatic hydroxyl groups excluding tert-OH is 1. The van der Waals surface area contributed by atoms with E-state index in [0.717, 1.165) is 42.5 Å². The molecule has 4 nitrogen and oxygen atoms in total. The van der Waals surface area contributed by atoms with Crippen LogP contribution in [0.3, 0.4) is 0 Å². The summed E-state index contributed by atoms with van der Waals surface area (Å²) in [7, 11) is 3.47. The minimum Gasteiger partial charge on any atom is -0.396 e. The van der Waals surface area contributed by atoms with E-state index < -0.39 is 0 Å². The van der Waals surface area contributed by atoms with E-state index in [9.17, 15) is 5.11 Å². The van der Waals surface area contributed by atoms with Crippen LogP contribution in [0, 0.1) is 0 Å². The second-order valence-corrected chi connectivity index (χ2v) is 5.69. The standard InChI is InChI=1S/C18H31NO3/c1-6-13(12-20)16-9-14(18(8-3)22-5)11-19-17(16)10-15(7-2)21-4/h9,11,13,15,18,20H,6-8,10,12H2,1-5H3. The van der Waals surface area contributed by atoms with Gasteiger partial charge in [-0.15, -0.1) is 0 Å². The van der Waals surface area contributed by atoms with Crippen LogP contribution < -0.4 is 0 Å². The molecular weight excluding hydrogens is 278 g/mol. The Kier molecular flexibility index (Phi) is 8.61. The Morgan fingerprint density at radius 1 is 1.09 bits per heavy atom. The molecule has 0 saturated carbocycles. The maximum Gasteiger partial charge on any atom is 0.0833 e. The number of hydrogen-bond donors (Lipinski definition) is 1. The molecular formula is C18H31NO3. The van der Waals surface area contributed by atoms with E-state index in [0.29, 0.717) is 0 Å². The van der Waals surface area contributed by atoms with Crippen molar-refractivity contribution < 1.29 is 14.6 Å². The second kappa shape index (κ2) is 9.93. The van der Waals surface area contributed by atoms with E-state index in [-0.39, 0.29) is 24.7 Å². The fraction of sp³-hybridized carbons (Fsp3) is 0.722. The van der Waals surface area contributed by atoms with Crippen molar-refractivity contribution in [1.82, 2.24) is 4.98 Å². The summed E-state index contributed by atoms with van der Waals surface area (Å²) in [5, 5.41) is 9.71. The lowest BCUT2D eigenvalue weighted by atomic mass is 9.91. The number of ether oxygens (including phenoxy) is 2. The number of aromatic nitrogens is 1. The fourth-order valence-corrected chi connectivity index (χ4v) is 2.82. The average Bonchev–Trinajstić information content (AvgIpc) is 2.56. The van der Waals surface area contributed by atoms with E-state index in [1.807, 2.05) is 6.20 Å². The molecule has 0 aromatic carbocycles. The van der Waals surface area contributed by atoms with Crippen molar-refractivity contribution in [3.63, 3.8) is 0 Å². The second-order valence-electron chi connectivity index (χ2n) is 5.69. The van der Waals surface area contributed by atoms with E-state index in [4.69, 9.17) is 9.47 Å². The summed E-state index contributed by atoms with van der Waals surface area (Å²) in [6, 6.07) is 2.16. The Balaban J connectivity index is 3.19. The Bertz CT molecular complexity index is 424. The van der Waals surface area contributed by atoms with Crippen molar-refractivity contribution in [3.05, 3.63) is 29.1 Å². The Morgan fingerprint density at radius 2 is 1.82 bits per heavy atom. The van der Waals surface area contributed by atoms with E-state index in [1.165, 1.54) is 0 Å². The van der Waals surface area contributed by atoms with Gasteiger partial charge < -0.3 is 14.6 Å². The molecule has 0 aliphatic rings. The van der Waals surface area contributed by atoms with Crippen molar-refractivity contribution in [1.29, 1.82) is 0 Å². The first kappa shape index (κ1) is 19.1. The summed E-state index contributed by atoms with van der Waals surface area (Å²) in [5.74, 6) is 0.117. The molecule has 1 heterocycles. The predicted octanol–water partition coefficient (Wildman–Crippen LogP) is 3.63. The summed E-state index contributed by atoms with van der Waals surface area (Å²) in [5.41, 5.74) is 3.25. The highest BCUT2D eigenvalue weighted by Crippen LogP contribution is 2.28. The Morgan fingerprint density at radius 3 is 2.27 bits per heavy atom. The zero-order valence-corrected chi connectivity index (χ0v) is 14.6. The summed E-state index contributed by atoms with van der Waals surface area (Å²) in [6.07, 6.45) is 5.65. The normalized spacial score (nSPS) is 15.5. The molecule has 126 valence electrons. The van der Waals surface area contributed by atoms with Crippen molar-refractivity contribution in [2.75, 3.05) is 20.8 Å². The number of pyridine rings is 1. The molecule has 4 heteroatoms. The highest BCUT2D eigenvalue weighted by atomic mass is 16.5. The van der Waals surface area contributed by atoms with Gasteiger partial charge in [-0.05, 0) is 36.5 Å². The zero-order valence-electron chi connectivity index (χ0n) is 14.6. The Labute approximate surface area is 134 Å². The van der Waals surface area contributed by atoms with Crippen LogP contribution >= 0.6 is 0 Å². The largest absolute Gasteiger partial charge is 0.396 e. The van der Waals surface area contributed by atoms with Crippen molar-refractivity contribution >= 4 is 0 Å². The van der Waals surface area contributed by atoms with Crippen LogP contribution in [0.25, 0.3) is 0 Å². The van der Waals surface area contributed by atoms with Crippen molar-refractivity contribution in [3.8, 4) is 0 Å². The molecule has 0 spiro atoms. The lowest BCUT2D eigenvalue weighted by Gasteiger charge is -2.22. The fourth-order valence-electron chi connectivity index (χ4n) is 2.82. The van der Waals surface area contributed by atoms with Crippen molar-refractivity contribution in [2.45, 2.75) is 64.6 Å². The average molecular weight is 309 g/mol. The molecule has 1 aromatic heterocycles. The monoisotopic (exact) mass is 309 g/mol. The number of rotatable bonds is 10.